The molecule has 1 aromatic heterocycles. The van der Waals surface area contributed by atoms with E-state index in [4.69, 9.17) is 21.6 Å². The number of benzene rings is 2. The van der Waals surface area contributed by atoms with Crippen LogP contribution in [0.25, 0.3) is 10.9 Å². The number of unbranched alkanes of at least 4 members (excludes halogenated alkanes) is 2. The van der Waals surface area contributed by atoms with E-state index >= 15 is 0 Å². The van der Waals surface area contributed by atoms with Crippen LogP contribution in [-0.2, 0) is 16.1 Å². The number of hydrogen-bond acceptors (Lipinski definition) is 5. The Morgan fingerprint density at radius 3 is 2.52 bits per heavy atom. The van der Waals surface area contributed by atoms with Crippen LogP contribution in [0.15, 0.2) is 60.8 Å². The van der Waals surface area contributed by atoms with Gasteiger partial charge in [-0.3, -0.25) is 0 Å². The van der Waals surface area contributed by atoms with Crippen LogP contribution in [-0.4, -0.2) is 28.7 Å². The van der Waals surface area contributed by atoms with Crippen LogP contribution in [0.3, 0.4) is 0 Å². The molecule has 0 saturated carbocycles. The van der Waals surface area contributed by atoms with E-state index in [1.165, 1.54) is 0 Å². The number of para-hydroxylation sites is 1. The third-order valence-electron chi connectivity index (χ3n) is 4.99. The highest BCUT2D eigenvalue weighted by atomic mass is 16.5. The second-order valence-electron chi connectivity index (χ2n) is 7.35. The quantitative estimate of drug-likeness (QED) is 0.323. The van der Waals surface area contributed by atoms with Crippen molar-refractivity contribution in [2.45, 2.75) is 38.3 Å². The molecule has 0 bridgehead atoms. The summed E-state index contributed by atoms with van der Waals surface area (Å²) < 4.78 is 12.7. The average molecular weight is 418 g/mol. The fraction of sp³-hybridized carbons (Fsp3) is 0.280. The Kier molecular flexibility index (Phi) is 7.11. The molecule has 160 valence electrons. The molecule has 3 rings (SSSR count). The van der Waals surface area contributed by atoms with Crippen molar-refractivity contribution in [1.82, 2.24) is 4.57 Å². The minimum atomic E-state index is -1.64. The molecular formula is C25H26N2O4. The third kappa shape index (κ3) is 5.14. The van der Waals surface area contributed by atoms with Gasteiger partial charge in [-0.1, -0.05) is 56.0 Å². The van der Waals surface area contributed by atoms with Gasteiger partial charge in [0.05, 0.1) is 24.2 Å². The van der Waals surface area contributed by atoms with E-state index in [2.05, 4.69) is 12.8 Å². The first-order valence-corrected chi connectivity index (χ1v) is 10.3. The van der Waals surface area contributed by atoms with E-state index in [0.29, 0.717) is 16.7 Å². The smallest absolute Gasteiger partial charge is 0.343 e. The molecule has 0 saturated heterocycles. The minimum Gasteiger partial charge on any atom is -0.464 e. The maximum atomic E-state index is 12.6. The van der Waals surface area contributed by atoms with Gasteiger partial charge in [0.15, 0.2) is 11.3 Å². The van der Waals surface area contributed by atoms with Gasteiger partial charge in [-0.25, -0.2) is 9.59 Å². The summed E-state index contributed by atoms with van der Waals surface area (Å²) in [7, 11) is 0. The van der Waals surface area contributed by atoms with Gasteiger partial charge in [-0.05, 0) is 30.7 Å². The molecule has 2 aromatic carbocycles. The molecule has 1 unspecified atom stereocenters. The third-order valence-corrected chi connectivity index (χ3v) is 4.99. The lowest BCUT2D eigenvalue weighted by Crippen LogP contribution is -2.51. The van der Waals surface area contributed by atoms with Gasteiger partial charge < -0.3 is 19.8 Å². The summed E-state index contributed by atoms with van der Waals surface area (Å²) in [5.41, 5.74) is 5.77. The van der Waals surface area contributed by atoms with E-state index in [0.717, 1.165) is 24.8 Å². The molecule has 3 aromatic rings. The van der Waals surface area contributed by atoms with E-state index in [-0.39, 0.29) is 13.2 Å². The molecule has 0 radical (unpaired) electrons. The lowest BCUT2D eigenvalue weighted by atomic mass is 10.0. The van der Waals surface area contributed by atoms with Gasteiger partial charge >= 0.3 is 11.9 Å². The van der Waals surface area contributed by atoms with Crippen molar-refractivity contribution in [3.63, 3.8) is 0 Å². The Balaban J connectivity index is 1.84. The van der Waals surface area contributed by atoms with Crippen molar-refractivity contribution in [1.29, 1.82) is 0 Å². The van der Waals surface area contributed by atoms with E-state index in [1.807, 2.05) is 30.3 Å². The summed E-state index contributed by atoms with van der Waals surface area (Å²) in [5, 5.41) is 0.711. The molecule has 1 heterocycles. The predicted molar refractivity (Wildman–Crippen MR) is 120 cm³/mol. The van der Waals surface area contributed by atoms with Crippen LogP contribution in [0.1, 0.15) is 36.5 Å². The molecule has 6 nitrogen and oxygen atoms in total. The van der Waals surface area contributed by atoms with Gasteiger partial charge in [0.1, 0.15) is 0 Å². The maximum absolute atomic E-state index is 12.6. The van der Waals surface area contributed by atoms with Crippen LogP contribution < -0.4 is 10.5 Å². The standard InChI is InChI=1S/C25H26N2O4/c1-3-5-11-16-30-24(29)25(26,4-2)18-27-17-22(20-14-9-10-15-21(20)27)31-23(28)19-12-7-6-8-13-19/h2,6-10,12-15,17H,3,5,11,16,18,26H2,1H3. The van der Waals surface area contributed by atoms with E-state index < -0.39 is 17.5 Å². The van der Waals surface area contributed by atoms with E-state index in [1.54, 1.807) is 35.0 Å². The van der Waals surface area contributed by atoms with Crippen LogP contribution in [0.4, 0.5) is 0 Å². The van der Waals surface area contributed by atoms with Crippen molar-refractivity contribution in [3.05, 3.63) is 66.4 Å². The van der Waals surface area contributed by atoms with Crippen LogP contribution >= 0.6 is 0 Å². The topological polar surface area (TPSA) is 83.5 Å². The Labute approximate surface area is 181 Å². The highest BCUT2D eigenvalue weighted by molar-refractivity contribution is 5.95. The highest BCUT2D eigenvalue weighted by Gasteiger charge is 2.35. The number of terminal acetylenes is 1. The normalized spacial score (nSPS) is 12.7. The summed E-state index contributed by atoms with van der Waals surface area (Å²) in [6, 6.07) is 16.1. The van der Waals surface area contributed by atoms with E-state index in [9.17, 15) is 9.59 Å². The number of fused-ring (bicyclic) bond motifs is 1. The SMILES string of the molecule is C#CC(N)(Cn1cc(OC(=O)c2ccccc2)c2ccccc21)C(=O)OCCCCC. The summed E-state index contributed by atoms with van der Waals surface area (Å²) >= 11 is 0. The molecular weight excluding hydrogens is 392 g/mol. The van der Waals surface area contributed by atoms with Crippen molar-refractivity contribution in [3.8, 4) is 18.1 Å². The number of carbonyl (C=O) groups excluding carboxylic acids is 2. The van der Waals surface area contributed by atoms with Crippen molar-refractivity contribution >= 4 is 22.8 Å². The lowest BCUT2D eigenvalue weighted by molar-refractivity contribution is -0.148. The molecule has 0 aliphatic heterocycles. The van der Waals surface area contributed by atoms with Gasteiger partial charge in [0, 0.05) is 11.6 Å². The Morgan fingerprint density at radius 1 is 1.10 bits per heavy atom. The first-order chi connectivity index (χ1) is 15.0. The predicted octanol–water partition coefficient (Wildman–Crippen LogP) is 3.92. The molecule has 0 aliphatic carbocycles. The molecule has 1 atom stereocenters. The fourth-order valence-electron chi connectivity index (χ4n) is 3.24. The summed E-state index contributed by atoms with van der Waals surface area (Å²) in [6.45, 7) is 2.33. The zero-order chi connectivity index (χ0) is 22.3. The second-order valence-corrected chi connectivity index (χ2v) is 7.35. The van der Waals surface area contributed by atoms with Crippen molar-refractivity contribution in [2.24, 2.45) is 5.73 Å². The summed E-state index contributed by atoms with van der Waals surface area (Å²) in [6.07, 6.45) is 9.98. The maximum Gasteiger partial charge on any atom is 0.343 e. The number of nitrogens with zero attached hydrogens (tertiary/aromatic N) is 1. The van der Waals surface area contributed by atoms with Gasteiger partial charge in [-0.2, -0.15) is 0 Å². The number of hydrogen-bond donors (Lipinski definition) is 1. The largest absolute Gasteiger partial charge is 0.464 e. The molecule has 2 N–H and O–H groups in total. The van der Waals surface area contributed by atoms with Crippen molar-refractivity contribution in [2.75, 3.05) is 6.61 Å². The summed E-state index contributed by atoms with van der Waals surface area (Å²) in [4.78, 5) is 25.1. The molecule has 31 heavy (non-hydrogen) atoms. The zero-order valence-electron chi connectivity index (χ0n) is 17.5. The zero-order valence-corrected chi connectivity index (χ0v) is 17.5. The number of rotatable bonds is 9. The van der Waals surface area contributed by atoms with Gasteiger partial charge in [-0.15, -0.1) is 6.42 Å². The Hall–Kier alpha value is -3.56. The molecule has 0 aliphatic rings. The van der Waals surface area contributed by atoms with Crippen LogP contribution in [0.5, 0.6) is 5.75 Å². The Morgan fingerprint density at radius 2 is 1.81 bits per heavy atom. The van der Waals surface area contributed by atoms with Gasteiger partial charge in [0.25, 0.3) is 0 Å². The van der Waals surface area contributed by atoms with Crippen LogP contribution in [0, 0.1) is 12.3 Å². The lowest BCUT2D eigenvalue weighted by Gasteiger charge is -2.22. The monoisotopic (exact) mass is 418 g/mol. The summed E-state index contributed by atoms with van der Waals surface area (Å²) in [5.74, 6) is 1.62. The van der Waals surface area contributed by atoms with Gasteiger partial charge in [0.2, 0.25) is 0 Å². The number of nitrogens with two attached hydrogens (primary N) is 1. The van der Waals surface area contributed by atoms with Crippen molar-refractivity contribution < 1.29 is 19.1 Å². The molecule has 0 fully saturated rings. The number of ether oxygens (including phenoxy) is 2. The number of carbonyl (C=O) groups is 2. The fourth-order valence-corrected chi connectivity index (χ4v) is 3.24. The number of esters is 2. The van der Waals surface area contributed by atoms with Crippen LogP contribution in [0.2, 0.25) is 0 Å². The first kappa shape index (κ1) is 22.1. The molecule has 6 heteroatoms. The molecule has 0 spiro atoms. The first-order valence-electron chi connectivity index (χ1n) is 10.3. The molecule has 0 amide bonds. The minimum absolute atomic E-state index is 0.0144. The Bertz CT molecular complexity index is 1100. The average Bonchev–Trinajstić information content (AvgIpc) is 3.13. The second kappa shape index (κ2) is 9.96. The number of aromatic nitrogens is 1. The highest BCUT2D eigenvalue weighted by Crippen LogP contribution is 2.30.